The predicted octanol–water partition coefficient (Wildman–Crippen LogP) is 3.94. The summed E-state index contributed by atoms with van der Waals surface area (Å²) in [5.74, 6) is -1.76. The van der Waals surface area contributed by atoms with E-state index in [4.69, 9.17) is 0 Å². The van der Waals surface area contributed by atoms with E-state index in [9.17, 15) is 9.59 Å². The Morgan fingerprint density at radius 3 is 2.38 bits per heavy atom. The first-order valence-electron chi connectivity index (χ1n) is 7.11. The van der Waals surface area contributed by atoms with Gasteiger partial charge in [0.1, 0.15) is 5.92 Å². The van der Waals surface area contributed by atoms with Gasteiger partial charge in [0, 0.05) is 8.95 Å². The Morgan fingerprint density at radius 1 is 1.04 bits per heavy atom. The number of anilines is 1. The summed E-state index contributed by atoms with van der Waals surface area (Å²) in [6.45, 7) is 1.52. The number of hydrazone groups is 1. The number of rotatable bonds is 5. The molecule has 0 fully saturated rings. The topological polar surface area (TPSA) is 70.6 Å². The molecule has 0 bridgehead atoms. The summed E-state index contributed by atoms with van der Waals surface area (Å²) in [5.41, 5.74) is 3.82. The number of hydrogen-bond acceptors (Lipinski definition) is 3. The Labute approximate surface area is 156 Å². The quantitative estimate of drug-likeness (QED) is 0.409. The summed E-state index contributed by atoms with van der Waals surface area (Å²) in [4.78, 5) is 24.1. The molecule has 7 heteroatoms. The van der Waals surface area contributed by atoms with Gasteiger partial charge in [-0.05, 0) is 52.7 Å². The van der Waals surface area contributed by atoms with Crippen LogP contribution < -0.4 is 10.7 Å². The van der Waals surface area contributed by atoms with E-state index in [-0.39, 0.29) is 0 Å². The van der Waals surface area contributed by atoms with Crippen molar-refractivity contribution in [2.75, 3.05) is 5.32 Å². The van der Waals surface area contributed by atoms with Crippen molar-refractivity contribution in [3.8, 4) is 0 Å². The first-order valence-corrected chi connectivity index (χ1v) is 8.70. The molecule has 2 aromatic carbocycles. The predicted molar refractivity (Wildman–Crippen MR) is 102 cm³/mol. The molecule has 2 rings (SSSR count). The van der Waals surface area contributed by atoms with E-state index in [1.807, 2.05) is 36.4 Å². The zero-order valence-corrected chi connectivity index (χ0v) is 16.0. The Kier molecular flexibility index (Phi) is 6.69. The number of benzene rings is 2. The Morgan fingerprint density at radius 2 is 1.71 bits per heavy atom. The highest BCUT2D eigenvalue weighted by atomic mass is 79.9. The molecule has 124 valence electrons. The van der Waals surface area contributed by atoms with Gasteiger partial charge < -0.3 is 5.32 Å². The first-order chi connectivity index (χ1) is 11.5. The van der Waals surface area contributed by atoms with Gasteiger partial charge in [-0.3, -0.25) is 9.59 Å². The molecule has 0 aliphatic carbocycles. The van der Waals surface area contributed by atoms with E-state index >= 15 is 0 Å². The van der Waals surface area contributed by atoms with Gasteiger partial charge in [-0.2, -0.15) is 5.10 Å². The SMILES string of the molecule is CC(C(=O)NN=Cc1ccc(Br)cc1)C(=O)Nc1ccccc1Br. The van der Waals surface area contributed by atoms with Crippen molar-refractivity contribution in [2.24, 2.45) is 11.0 Å². The number of hydrogen-bond donors (Lipinski definition) is 2. The smallest absolute Gasteiger partial charge is 0.252 e. The maximum atomic E-state index is 12.1. The number of nitrogens with one attached hydrogen (secondary N) is 2. The average molecular weight is 453 g/mol. The van der Waals surface area contributed by atoms with Crippen molar-refractivity contribution >= 4 is 55.6 Å². The van der Waals surface area contributed by atoms with Gasteiger partial charge >= 0.3 is 0 Å². The fourth-order valence-electron chi connectivity index (χ4n) is 1.74. The van der Waals surface area contributed by atoms with Crippen LogP contribution in [0.2, 0.25) is 0 Å². The molecule has 2 N–H and O–H groups in total. The van der Waals surface area contributed by atoms with Gasteiger partial charge in [-0.15, -0.1) is 0 Å². The van der Waals surface area contributed by atoms with Crippen molar-refractivity contribution < 1.29 is 9.59 Å². The van der Waals surface area contributed by atoms with E-state index in [1.165, 1.54) is 13.1 Å². The zero-order chi connectivity index (χ0) is 17.5. The molecule has 1 atom stereocenters. The summed E-state index contributed by atoms with van der Waals surface area (Å²) < 4.78 is 1.71. The van der Waals surface area contributed by atoms with Crippen LogP contribution in [0.25, 0.3) is 0 Å². The van der Waals surface area contributed by atoms with E-state index in [0.29, 0.717) is 5.69 Å². The van der Waals surface area contributed by atoms with Crippen LogP contribution in [0.15, 0.2) is 62.6 Å². The standard InChI is InChI=1S/C17H15Br2N3O2/c1-11(16(23)21-15-5-3-2-4-14(15)19)17(24)22-20-10-12-6-8-13(18)9-7-12/h2-11H,1H3,(H,21,23)(H,22,24). The lowest BCUT2D eigenvalue weighted by atomic mass is 10.1. The summed E-state index contributed by atoms with van der Waals surface area (Å²) in [5, 5.41) is 6.57. The second kappa shape index (κ2) is 8.75. The Balaban J connectivity index is 1.90. The molecule has 0 heterocycles. The molecule has 0 aliphatic rings. The normalized spacial score (nSPS) is 12.0. The van der Waals surface area contributed by atoms with Gasteiger partial charge in [0.05, 0.1) is 11.9 Å². The van der Waals surface area contributed by atoms with E-state index < -0.39 is 17.7 Å². The zero-order valence-electron chi connectivity index (χ0n) is 12.8. The van der Waals surface area contributed by atoms with Gasteiger partial charge in [0.2, 0.25) is 5.91 Å². The number of nitrogens with zero attached hydrogens (tertiary/aromatic N) is 1. The molecule has 0 spiro atoms. The van der Waals surface area contributed by atoms with E-state index in [0.717, 1.165) is 14.5 Å². The monoisotopic (exact) mass is 451 g/mol. The Bertz CT molecular complexity index is 761. The molecule has 0 saturated carbocycles. The summed E-state index contributed by atoms with van der Waals surface area (Å²) in [6, 6.07) is 14.6. The second-order valence-electron chi connectivity index (χ2n) is 4.98. The Hall–Kier alpha value is -1.99. The molecular formula is C17H15Br2N3O2. The largest absolute Gasteiger partial charge is 0.324 e. The summed E-state index contributed by atoms with van der Waals surface area (Å²) >= 11 is 6.68. The fraction of sp³-hybridized carbons (Fsp3) is 0.118. The van der Waals surface area contributed by atoms with Crippen LogP contribution in [0.4, 0.5) is 5.69 Å². The van der Waals surface area contributed by atoms with Crippen molar-refractivity contribution in [3.63, 3.8) is 0 Å². The van der Waals surface area contributed by atoms with Crippen molar-refractivity contribution in [1.29, 1.82) is 0 Å². The highest BCUT2D eigenvalue weighted by Crippen LogP contribution is 2.21. The van der Waals surface area contributed by atoms with Crippen LogP contribution in [0.3, 0.4) is 0 Å². The number of carbonyl (C=O) groups is 2. The molecule has 2 amide bonds. The molecule has 5 nitrogen and oxygen atoms in total. The minimum Gasteiger partial charge on any atom is -0.324 e. The average Bonchev–Trinajstić information content (AvgIpc) is 2.58. The van der Waals surface area contributed by atoms with Crippen LogP contribution in [0.1, 0.15) is 12.5 Å². The third kappa shape index (κ3) is 5.28. The second-order valence-corrected chi connectivity index (χ2v) is 6.75. The molecule has 1 unspecified atom stereocenters. The van der Waals surface area contributed by atoms with Crippen LogP contribution in [0.5, 0.6) is 0 Å². The van der Waals surface area contributed by atoms with E-state index in [2.05, 4.69) is 47.7 Å². The lowest BCUT2D eigenvalue weighted by Gasteiger charge is -2.11. The third-order valence-corrected chi connectivity index (χ3v) is 4.40. The first kappa shape index (κ1) is 18.4. The molecule has 0 radical (unpaired) electrons. The molecule has 24 heavy (non-hydrogen) atoms. The van der Waals surface area contributed by atoms with Gasteiger partial charge in [0.15, 0.2) is 0 Å². The molecular weight excluding hydrogens is 438 g/mol. The van der Waals surface area contributed by atoms with Crippen LogP contribution in [-0.4, -0.2) is 18.0 Å². The summed E-state index contributed by atoms with van der Waals surface area (Å²) in [7, 11) is 0. The van der Waals surface area contributed by atoms with Crippen LogP contribution in [0, 0.1) is 5.92 Å². The minimum absolute atomic E-state index is 0.404. The lowest BCUT2D eigenvalue weighted by Crippen LogP contribution is -2.34. The number of halogens is 2. The number of para-hydroxylation sites is 1. The summed E-state index contributed by atoms with van der Waals surface area (Å²) in [6.07, 6.45) is 1.52. The number of amides is 2. The maximum Gasteiger partial charge on any atom is 0.252 e. The maximum absolute atomic E-state index is 12.1. The molecule has 0 saturated heterocycles. The van der Waals surface area contributed by atoms with Crippen LogP contribution >= 0.6 is 31.9 Å². The number of carbonyl (C=O) groups excluding carboxylic acids is 2. The van der Waals surface area contributed by atoms with Crippen LogP contribution in [-0.2, 0) is 9.59 Å². The molecule has 0 aliphatic heterocycles. The van der Waals surface area contributed by atoms with Crippen molar-refractivity contribution in [2.45, 2.75) is 6.92 Å². The highest BCUT2D eigenvalue weighted by Gasteiger charge is 2.21. The van der Waals surface area contributed by atoms with E-state index in [1.54, 1.807) is 12.1 Å². The highest BCUT2D eigenvalue weighted by molar-refractivity contribution is 9.10. The molecule has 0 aromatic heterocycles. The fourth-order valence-corrected chi connectivity index (χ4v) is 2.39. The van der Waals surface area contributed by atoms with Gasteiger partial charge in [-0.1, -0.05) is 40.2 Å². The third-order valence-electron chi connectivity index (χ3n) is 3.18. The van der Waals surface area contributed by atoms with Gasteiger partial charge in [-0.25, -0.2) is 5.43 Å². The minimum atomic E-state index is -0.876. The van der Waals surface area contributed by atoms with Crippen molar-refractivity contribution in [3.05, 3.63) is 63.0 Å². The van der Waals surface area contributed by atoms with Gasteiger partial charge in [0.25, 0.3) is 5.91 Å². The molecule has 2 aromatic rings. The lowest BCUT2D eigenvalue weighted by molar-refractivity contribution is -0.131. The van der Waals surface area contributed by atoms with Crippen molar-refractivity contribution in [1.82, 2.24) is 5.43 Å².